The van der Waals surface area contributed by atoms with Gasteiger partial charge in [0.25, 0.3) is 11.6 Å². The molecule has 7 nitrogen and oxygen atoms in total. The lowest BCUT2D eigenvalue weighted by Gasteiger charge is -2.32. The Hall–Kier alpha value is -2.91. The fourth-order valence-electron chi connectivity index (χ4n) is 3.77. The van der Waals surface area contributed by atoms with Crippen LogP contribution in [0.2, 0.25) is 0 Å². The van der Waals surface area contributed by atoms with Gasteiger partial charge in [0, 0.05) is 31.0 Å². The van der Waals surface area contributed by atoms with Crippen molar-refractivity contribution in [3.8, 4) is 0 Å². The zero-order valence-electron chi connectivity index (χ0n) is 16.8. The summed E-state index contributed by atoms with van der Waals surface area (Å²) in [5.74, 6) is 0.0443. The average Bonchev–Trinajstić information content (AvgIpc) is 3.34. The first-order valence-electron chi connectivity index (χ1n) is 9.75. The van der Waals surface area contributed by atoms with Crippen LogP contribution in [-0.4, -0.2) is 39.2 Å². The van der Waals surface area contributed by atoms with Gasteiger partial charge in [-0.15, -0.1) is 0 Å². The molecule has 1 saturated heterocycles. The van der Waals surface area contributed by atoms with Gasteiger partial charge in [-0.3, -0.25) is 4.79 Å². The number of carbonyl (C=O) groups excluding carboxylic acids is 1. The highest BCUT2D eigenvalue weighted by atomic mass is 19.4. The third-order valence-corrected chi connectivity index (χ3v) is 5.39. The van der Waals surface area contributed by atoms with E-state index in [-0.39, 0.29) is 52.5 Å². The average molecular weight is 422 g/mol. The SMILES string of the molecule is Cc1noc2nc(C3CCCN(C(=O)c4cc(C(C)C)on4)C3)cc(C(F)(F)F)c12. The third-order valence-electron chi connectivity index (χ3n) is 5.39. The van der Waals surface area contributed by atoms with Crippen LogP contribution in [0.4, 0.5) is 13.2 Å². The van der Waals surface area contributed by atoms with Gasteiger partial charge in [0.2, 0.25) is 0 Å². The van der Waals surface area contributed by atoms with Gasteiger partial charge in [-0.2, -0.15) is 13.2 Å². The largest absolute Gasteiger partial charge is 0.417 e. The highest BCUT2D eigenvalue weighted by Crippen LogP contribution is 2.38. The van der Waals surface area contributed by atoms with Gasteiger partial charge < -0.3 is 13.9 Å². The molecular weight excluding hydrogens is 401 g/mol. The number of alkyl halides is 3. The number of hydrogen-bond donors (Lipinski definition) is 0. The second-order valence-corrected chi connectivity index (χ2v) is 7.90. The zero-order valence-corrected chi connectivity index (χ0v) is 16.8. The van der Waals surface area contributed by atoms with E-state index in [0.29, 0.717) is 25.1 Å². The number of aryl methyl sites for hydroxylation is 1. The molecule has 4 rings (SSSR count). The van der Waals surface area contributed by atoms with E-state index >= 15 is 0 Å². The van der Waals surface area contributed by atoms with E-state index in [2.05, 4.69) is 15.3 Å². The molecule has 10 heteroatoms. The molecule has 30 heavy (non-hydrogen) atoms. The smallest absolute Gasteiger partial charge is 0.360 e. The first kappa shape index (κ1) is 20.4. The van der Waals surface area contributed by atoms with Crippen molar-refractivity contribution in [2.24, 2.45) is 0 Å². The Morgan fingerprint density at radius 1 is 1.23 bits per heavy atom. The van der Waals surface area contributed by atoms with Crippen molar-refractivity contribution in [3.05, 3.63) is 40.5 Å². The fourth-order valence-corrected chi connectivity index (χ4v) is 3.77. The van der Waals surface area contributed by atoms with Gasteiger partial charge in [0.15, 0.2) is 5.69 Å². The lowest BCUT2D eigenvalue weighted by molar-refractivity contribution is -0.136. The molecule has 0 saturated carbocycles. The minimum Gasteiger partial charge on any atom is -0.360 e. The van der Waals surface area contributed by atoms with Gasteiger partial charge in [-0.05, 0) is 25.8 Å². The third kappa shape index (κ3) is 3.66. The van der Waals surface area contributed by atoms with Crippen LogP contribution in [0.1, 0.15) is 71.7 Å². The molecule has 0 N–H and O–H groups in total. The highest BCUT2D eigenvalue weighted by molar-refractivity contribution is 5.92. The molecule has 160 valence electrons. The summed E-state index contributed by atoms with van der Waals surface area (Å²) < 4.78 is 51.1. The molecule has 1 aliphatic heterocycles. The summed E-state index contributed by atoms with van der Waals surface area (Å²) in [5.41, 5.74) is -0.374. The van der Waals surface area contributed by atoms with Crippen molar-refractivity contribution in [3.63, 3.8) is 0 Å². The van der Waals surface area contributed by atoms with E-state index in [9.17, 15) is 18.0 Å². The van der Waals surface area contributed by atoms with E-state index in [1.165, 1.54) is 6.92 Å². The summed E-state index contributed by atoms with van der Waals surface area (Å²) in [5, 5.41) is 7.36. The van der Waals surface area contributed by atoms with Crippen molar-refractivity contribution < 1.29 is 27.0 Å². The lowest BCUT2D eigenvalue weighted by atomic mass is 9.92. The van der Waals surface area contributed by atoms with E-state index < -0.39 is 11.7 Å². The standard InChI is InChI=1S/C20H21F3N4O3/c1-10(2)16-8-15(26-29-16)19(28)27-6-4-5-12(9-27)14-7-13(20(21,22)23)17-11(3)25-30-18(17)24-14/h7-8,10,12H,4-6,9H2,1-3H3. The van der Waals surface area contributed by atoms with E-state index in [1.807, 2.05) is 13.8 Å². The Morgan fingerprint density at radius 2 is 2.00 bits per heavy atom. The summed E-state index contributed by atoms with van der Waals surface area (Å²) in [6.07, 6.45) is -3.31. The molecule has 1 aliphatic rings. The normalized spacial score (nSPS) is 17.8. The number of aromatic nitrogens is 3. The Labute approximate surface area is 170 Å². The van der Waals surface area contributed by atoms with E-state index in [1.54, 1.807) is 11.0 Å². The van der Waals surface area contributed by atoms with Crippen LogP contribution < -0.4 is 0 Å². The summed E-state index contributed by atoms with van der Waals surface area (Å²) in [6, 6.07) is 2.66. The minimum atomic E-state index is -4.57. The molecule has 3 aromatic heterocycles. The molecule has 0 aromatic carbocycles. The lowest BCUT2D eigenvalue weighted by Crippen LogP contribution is -2.39. The van der Waals surface area contributed by atoms with Gasteiger partial charge in [0.1, 0.15) is 5.76 Å². The quantitative estimate of drug-likeness (QED) is 0.609. The maximum absolute atomic E-state index is 13.6. The molecule has 0 bridgehead atoms. The highest BCUT2D eigenvalue weighted by Gasteiger charge is 2.37. The fraction of sp³-hybridized carbons (Fsp3) is 0.500. The van der Waals surface area contributed by atoms with Crippen LogP contribution in [0, 0.1) is 6.92 Å². The Morgan fingerprint density at radius 3 is 2.67 bits per heavy atom. The first-order valence-corrected chi connectivity index (χ1v) is 9.75. The van der Waals surface area contributed by atoms with Crippen LogP contribution >= 0.6 is 0 Å². The van der Waals surface area contributed by atoms with Gasteiger partial charge >= 0.3 is 6.18 Å². The van der Waals surface area contributed by atoms with Crippen LogP contribution in [0.15, 0.2) is 21.2 Å². The maximum Gasteiger partial charge on any atom is 0.417 e. The second-order valence-electron chi connectivity index (χ2n) is 7.90. The minimum absolute atomic E-state index is 0.0928. The van der Waals surface area contributed by atoms with E-state index in [0.717, 1.165) is 6.07 Å². The predicted molar refractivity (Wildman–Crippen MR) is 100 cm³/mol. The summed E-state index contributed by atoms with van der Waals surface area (Å²) in [6.45, 7) is 6.04. The van der Waals surface area contributed by atoms with Crippen molar-refractivity contribution in [2.75, 3.05) is 13.1 Å². The summed E-state index contributed by atoms with van der Waals surface area (Å²) in [7, 11) is 0. The summed E-state index contributed by atoms with van der Waals surface area (Å²) >= 11 is 0. The monoisotopic (exact) mass is 422 g/mol. The van der Waals surface area contributed by atoms with Crippen LogP contribution in [0.3, 0.4) is 0 Å². The first-order chi connectivity index (χ1) is 14.1. The molecule has 1 atom stereocenters. The molecule has 1 unspecified atom stereocenters. The summed E-state index contributed by atoms with van der Waals surface area (Å²) in [4.78, 5) is 18.7. The number of nitrogens with zero attached hydrogens (tertiary/aromatic N) is 4. The molecule has 0 spiro atoms. The molecule has 4 heterocycles. The maximum atomic E-state index is 13.6. The van der Waals surface area contributed by atoms with Crippen molar-refractivity contribution in [1.29, 1.82) is 0 Å². The van der Waals surface area contributed by atoms with Crippen molar-refractivity contribution in [2.45, 2.75) is 51.6 Å². The van der Waals surface area contributed by atoms with Crippen LogP contribution in [0.25, 0.3) is 11.1 Å². The Kier molecular flexibility index (Phi) is 5.03. The van der Waals surface area contributed by atoms with Crippen molar-refractivity contribution in [1.82, 2.24) is 20.2 Å². The molecule has 1 amide bonds. The molecule has 0 aliphatic carbocycles. The predicted octanol–water partition coefficient (Wildman–Crippen LogP) is 4.68. The zero-order chi connectivity index (χ0) is 21.6. The number of hydrogen-bond acceptors (Lipinski definition) is 6. The van der Waals surface area contributed by atoms with Crippen LogP contribution in [0.5, 0.6) is 0 Å². The van der Waals surface area contributed by atoms with E-state index in [4.69, 9.17) is 9.05 Å². The van der Waals surface area contributed by atoms with Gasteiger partial charge in [-0.25, -0.2) is 4.98 Å². The van der Waals surface area contributed by atoms with Gasteiger partial charge in [-0.1, -0.05) is 24.2 Å². The number of piperidine rings is 1. The molecule has 0 radical (unpaired) electrons. The number of fused-ring (bicyclic) bond motifs is 1. The Balaban J connectivity index is 1.63. The Bertz CT molecular complexity index is 1090. The number of amides is 1. The topological polar surface area (TPSA) is 85.3 Å². The number of pyridine rings is 1. The number of halogens is 3. The van der Waals surface area contributed by atoms with Crippen molar-refractivity contribution >= 4 is 17.0 Å². The molecule has 1 fully saturated rings. The van der Waals surface area contributed by atoms with Crippen LogP contribution in [-0.2, 0) is 6.18 Å². The number of carbonyl (C=O) groups is 1. The number of rotatable bonds is 3. The molecular formula is C20H21F3N4O3. The second kappa shape index (κ2) is 7.41. The molecule has 3 aromatic rings. The van der Waals surface area contributed by atoms with Gasteiger partial charge in [0.05, 0.1) is 22.3 Å². The number of likely N-dealkylation sites (tertiary alicyclic amines) is 1.